The van der Waals surface area contributed by atoms with E-state index in [0.717, 1.165) is 30.5 Å². The Bertz CT molecular complexity index is 1060. The summed E-state index contributed by atoms with van der Waals surface area (Å²) in [6.45, 7) is 5.09. The Morgan fingerprint density at radius 1 is 1.03 bits per heavy atom. The van der Waals surface area contributed by atoms with Crippen molar-refractivity contribution in [3.63, 3.8) is 0 Å². The van der Waals surface area contributed by atoms with E-state index in [1.165, 1.54) is 22.7 Å². The highest BCUT2D eigenvalue weighted by Crippen LogP contribution is 2.33. The number of ether oxygens (including phenoxy) is 2. The van der Waals surface area contributed by atoms with Gasteiger partial charge in [0.25, 0.3) is 5.91 Å². The van der Waals surface area contributed by atoms with Crippen molar-refractivity contribution in [3.05, 3.63) is 65.0 Å². The maximum Gasteiger partial charge on any atom is 0.254 e. The second-order valence-corrected chi connectivity index (χ2v) is 8.23. The molecule has 2 aliphatic rings. The predicted molar refractivity (Wildman–Crippen MR) is 115 cm³/mol. The Labute approximate surface area is 179 Å². The molecule has 0 atom stereocenters. The predicted octanol–water partition coefficient (Wildman–Crippen LogP) is 3.13. The normalized spacial score (nSPS) is 15.5. The average Bonchev–Trinajstić information content (AvgIpc) is 3.44. The zero-order chi connectivity index (χ0) is 20.5. The third-order valence-corrected chi connectivity index (χ3v) is 6.21. The van der Waals surface area contributed by atoms with Gasteiger partial charge in [-0.3, -0.25) is 4.79 Å². The quantitative estimate of drug-likeness (QED) is 0.644. The summed E-state index contributed by atoms with van der Waals surface area (Å²) in [7, 11) is 0. The van der Waals surface area contributed by atoms with Gasteiger partial charge in [-0.05, 0) is 30.7 Å². The van der Waals surface area contributed by atoms with Gasteiger partial charge in [-0.25, -0.2) is 4.98 Å². The molecule has 1 fully saturated rings. The highest BCUT2D eigenvalue weighted by atomic mass is 32.1. The van der Waals surface area contributed by atoms with E-state index in [0.29, 0.717) is 30.2 Å². The highest BCUT2D eigenvalue weighted by molar-refractivity contribution is 7.09. The van der Waals surface area contributed by atoms with Crippen molar-refractivity contribution in [2.24, 2.45) is 0 Å². The Kier molecular flexibility index (Phi) is 5.00. The van der Waals surface area contributed by atoms with E-state index in [1.807, 2.05) is 4.90 Å². The molecule has 154 valence electrons. The Hall–Kier alpha value is -3.13. The summed E-state index contributed by atoms with van der Waals surface area (Å²) >= 11 is 1.43. The van der Waals surface area contributed by atoms with Gasteiger partial charge >= 0.3 is 0 Å². The standard InChI is InChI=1S/C22H22N4O3S/c1-15-2-4-16(5-3-15)12-20-23-22(30-24-20)26-10-8-25(9-11-26)21(27)17-6-7-18-19(13-17)29-14-28-18/h2-7,13H,8-12,14H2,1H3. The first kappa shape index (κ1) is 18.9. The van der Waals surface area contributed by atoms with Crippen LogP contribution in [0.4, 0.5) is 5.13 Å². The SMILES string of the molecule is Cc1ccc(Cc2nsc(N3CCN(C(=O)c4ccc5c(c4)OCO5)CC3)n2)cc1. The molecule has 5 rings (SSSR count). The van der Waals surface area contributed by atoms with Crippen LogP contribution in [0.2, 0.25) is 0 Å². The number of fused-ring (bicyclic) bond motifs is 1. The monoisotopic (exact) mass is 422 g/mol. The molecule has 2 aromatic carbocycles. The first-order chi connectivity index (χ1) is 14.7. The molecular weight excluding hydrogens is 400 g/mol. The molecule has 2 aliphatic heterocycles. The molecule has 1 aromatic heterocycles. The van der Waals surface area contributed by atoms with Crippen LogP contribution in [0.15, 0.2) is 42.5 Å². The van der Waals surface area contributed by atoms with Gasteiger partial charge in [0.1, 0.15) is 5.82 Å². The summed E-state index contributed by atoms with van der Waals surface area (Å²) < 4.78 is 15.2. The number of nitrogens with zero attached hydrogens (tertiary/aromatic N) is 4. The van der Waals surface area contributed by atoms with Crippen molar-refractivity contribution in [3.8, 4) is 11.5 Å². The highest BCUT2D eigenvalue weighted by Gasteiger charge is 2.25. The van der Waals surface area contributed by atoms with Gasteiger partial charge < -0.3 is 19.3 Å². The zero-order valence-corrected chi connectivity index (χ0v) is 17.5. The number of benzene rings is 2. The number of rotatable bonds is 4. The van der Waals surface area contributed by atoms with Crippen molar-refractivity contribution < 1.29 is 14.3 Å². The van der Waals surface area contributed by atoms with Crippen LogP contribution in [0, 0.1) is 6.92 Å². The molecule has 3 aromatic rings. The van der Waals surface area contributed by atoms with E-state index >= 15 is 0 Å². The summed E-state index contributed by atoms with van der Waals surface area (Å²) in [6, 6.07) is 13.8. The van der Waals surface area contributed by atoms with Crippen molar-refractivity contribution in [1.82, 2.24) is 14.3 Å². The molecular formula is C22H22N4O3S. The lowest BCUT2D eigenvalue weighted by molar-refractivity contribution is 0.0746. The third kappa shape index (κ3) is 3.82. The van der Waals surface area contributed by atoms with E-state index in [4.69, 9.17) is 14.5 Å². The van der Waals surface area contributed by atoms with Crippen molar-refractivity contribution in [2.75, 3.05) is 37.9 Å². The molecule has 30 heavy (non-hydrogen) atoms. The van der Waals surface area contributed by atoms with E-state index in [2.05, 4.69) is 40.5 Å². The van der Waals surface area contributed by atoms with Gasteiger partial charge in [0.05, 0.1) is 0 Å². The molecule has 3 heterocycles. The number of anilines is 1. The minimum atomic E-state index is 0.0188. The van der Waals surface area contributed by atoms with Gasteiger partial charge in [0, 0.05) is 49.7 Å². The first-order valence-electron chi connectivity index (χ1n) is 9.98. The number of piperazine rings is 1. The average molecular weight is 423 g/mol. The second-order valence-electron chi connectivity index (χ2n) is 7.50. The van der Waals surface area contributed by atoms with Crippen LogP contribution in [-0.4, -0.2) is 53.1 Å². The van der Waals surface area contributed by atoms with Crippen LogP contribution < -0.4 is 14.4 Å². The van der Waals surface area contributed by atoms with Crippen LogP contribution >= 0.6 is 11.5 Å². The number of amides is 1. The Morgan fingerprint density at radius 3 is 2.60 bits per heavy atom. The number of hydrogen-bond donors (Lipinski definition) is 0. The molecule has 1 saturated heterocycles. The number of carbonyl (C=O) groups is 1. The maximum absolute atomic E-state index is 12.9. The van der Waals surface area contributed by atoms with Crippen molar-refractivity contribution in [1.29, 1.82) is 0 Å². The Balaban J connectivity index is 1.19. The molecule has 0 unspecified atom stereocenters. The molecule has 7 nitrogen and oxygen atoms in total. The van der Waals surface area contributed by atoms with E-state index in [9.17, 15) is 4.79 Å². The topological polar surface area (TPSA) is 67.8 Å². The molecule has 0 N–H and O–H groups in total. The molecule has 8 heteroatoms. The summed E-state index contributed by atoms with van der Waals surface area (Å²) in [4.78, 5) is 21.7. The van der Waals surface area contributed by atoms with Crippen molar-refractivity contribution in [2.45, 2.75) is 13.3 Å². The number of aryl methyl sites for hydroxylation is 1. The minimum absolute atomic E-state index is 0.0188. The molecule has 0 saturated carbocycles. The summed E-state index contributed by atoms with van der Waals surface area (Å²) in [6.07, 6.45) is 0.735. The smallest absolute Gasteiger partial charge is 0.254 e. The van der Waals surface area contributed by atoms with Crippen LogP contribution in [0.3, 0.4) is 0 Å². The van der Waals surface area contributed by atoms with E-state index in [1.54, 1.807) is 18.2 Å². The van der Waals surface area contributed by atoms with Gasteiger partial charge in [0.15, 0.2) is 11.5 Å². The maximum atomic E-state index is 12.9. The summed E-state index contributed by atoms with van der Waals surface area (Å²) in [5, 5.41) is 0.923. The fourth-order valence-corrected chi connectivity index (χ4v) is 4.38. The fourth-order valence-electron chi connectivity index (χ4n) is 3.65. The minimum Gasteiger partial charge on any atom is -0.454 e. The zero-order valence-electron chi connectivity index (χ0n) is 16.7. The van der Waals surface area contributed by atoms with Gasteiger partial charge in [0.2, 0.25) is 11.9 Å². The van der Waals surface area contributed by atoms with Crippen LogP contribution in [-0.2, 0) is 6.42 Å². The largest absolute Gasteiger partial charge is 0.454 e. The molecule has 1 amide bonds. The number of aromatic nitrogens is 2. The van der Waals surface area contributed by atoms with Gasteiger partial charge in [-0.1, -0.05) is 29.8 Å². The van der Waals surface area contributed by atoms with Gasteiger partial charge in [-0.15, -0.1) is 0 Å². The molecule has 0 radical (unpaired) electrons. The van der Waals surface area contributed by atoms with E-state index < -0.39 is 0 Å². The summed E-state index contributed by atoms with van der Waals surface area (Å²) in [5.41, 5.74) is 3.09. The van der Waals surface area contributed by atoms with Crippen LogP contribution in [0.1, 0.15) is 27.3 Å². The number of hydrogen-bond acceptors (Lipinski definition) is 7. The first-order valence-corrected chi connectivity index (χ1v) is 10.7. The van der Waals surface area contributed by atoms with Gasteiger partial charge in [-0.2, -0.15) is 4.37 Å². The van der Waals surface area contributed by atoms with Crippen LogP contribution in [0.25, 0.3) is 0 Å². The lowest BCUT2D eigenvalue weighted by atomic mass is 10.1. The molecule has 0 spiro atoms. The van der Waals surface area contributed by atoms with E-state index in [-0.39, 0.29) is 12.7 Å². The van der Waals surface area contributed by atoms with Crippen molar-refractivity contribution >= 4 is 22.6 Å². The Morgan fingerprint density at radius 2 is 1.80 bits per heavy atom. The fraction of sp³-hybridized carbons (Fsp3) is 0.318. The lowest BCUT2D eigenvalue weighted by Gasteiger charge is -2.34. The summed E-state index contributed by atoms with van der Waals surface area (Å²) in [5.74, 6) is 2.19. The van der Waals surface area contributed by atoms with Crippen LogP contribution in [0.5, 0.6) is 11.5 Å². The lowest BCUT2D eigenvalue weighted by Crippen LogP contribution is -2.48. The number of carbonyl (C=O) groups excluding carboxylic acids is 1. The third-order valence-electron chi connectivity index (χ3n) is 5.40. The molecule has 0 aliphatic carbocycles. The molecule has 0 bridgehead atoms. The second kappa shape index (κ2) is 7.95.